The Kier molecular flexibility index (Phi) is 9.38. The summed E-state index contributed by atoms with van der Waals surface area (Å²) in [6.07, 6.45) is 2.09. The van der Waals surface area contributed by atoms with E-state index in [0.717, 1.165) is 35.1 Å². The normalized spacial score (nSPS) is 11.8. The lowest BCUT2D eigenvalue weighted by Gasteiger charge is -2.29. The zero-order valence-electron chi connectivity index (χ0n) is 22.0. The third kappa shape index (κ3) is 7.42. The van der Waals surface area contributed by atoms with Gasteiger partial charge < -0.3 is 10.6 Å². The Labute approximate surface area is 239 Å². The summed E-state index contributed by atoms with van der Waals surface area (Å²) in [4.78, 5) is 3.88. The molecule has 3 aromatic carbocycles. The minimum atomic E-state index is -3.71. The van der Waals surface area contributed by atoms with Gasteiger partial charge in [0, 0.05) is 29.9 Å². The van der Waals surface area contributed by atoms with Crippen LogP contribution in [0.15, 0.2) is 90.2 Å². The first kappa shape index (κ1) is 29.6. The molecule has 0 aliphatic rings. The van der Waals surface area contributed by atoms with Crippen molar-refractivity contribution < 1.29 is 22.3 Å². The van der Waals surface area contributed by atoms with E-state index in [1.807, 2.05) is 12.1 Å². The zero-order valence-corrected chi connectivity index (χ0v) is 22.0. The van der Waals surface area contributed by atoms with Crippen molar-refractivity contribution in [3.8, 4) is 23.7 Å². The van der Waals surface area contributed by atoms with Gasteiger partial charge in [-0.1, -0.05) is 30.0 Å². The van der Waals surface area contributed by atoms with Crippen LogP contribution in [-0.2, 0) is 12.5 Å². The maximum Gasteiger partial charge on any atom is 0.298 e. The van der Waals surface area contributed by atoms with Crippen LogP contribution in [0, 0.1) is 34.8 Å². The molecule has 4 aromatic rings. The molecule has 0 saturated heterocycles. The number of halogens is 4. The van der Waals surface area contributed by atoms with E-state index in [2.05, 4.69) is 28.0 Å². The molecule has 0 aliphatic carbocycles. The standard InChI is InChI=1S/C31H24F4N6O/c32-25-10-13-27(29(33)15-25)28(18-41(38)20-40-37)31(34,35)30-14-9-23(17-39-30)4-1-21-7-11-26(12-8-21)42-19-24-5-2-22(16-36)3-6-24/h2-3,5-15,17,20,28H,18-19,37-38H2/b40-20-/t28-/m1/s1. The predicted octanol–water partition coefficient (Wildman–Crippen LogP) is 5.16. The molecule has 0 radical (unpaired) electrons. The van der Waals surface area contributed by atoms with E-state index < -0.39 is 41.3 Å². The van der Waals surface area contributed by atoms with Gasteiger partial charge in [0.15, 0.2) is 0 Å². The van der Waals surface area contributed by atoms with Crippen molar-refractivity contribution in [2.24, 2.45) is 16.8 Å². The average molecular weight is 573 g/mol. The smallest absolute Gasteiger partial charge is 0.298 e. The molecule has 1 aromatic heterocycles. The van der Waals surface area contributed by atoms with Gasteiger partial charge in [-0.2, -0.15) is 19.1 Å². The quantitative estimate of drug-likeness (QED) is 0.0715. The number of hydrogen-bond donors (Lipinski definition) is 2. The molecule has 212 valence electrons. The largest absolute Gasteiger partial charge is 0.489 e. The van der Waals surface area contributed by atoms with E-state index in [1.54, 1.807) is 36.4 Å². The van der Waals surface area contributed by atoms with Crippen LogP contribution >= 0.6 is 0 Å². The van der Waals surface area contributed by atoms with E-state index in [-0.39, 0.29) is 0 Å². The Morgan fingerprint density at radius 3 is 2.24 bits per heavy atom. The molecule has 1 atom stereocenters. The Balaban J connectivity index is 1.46. The van der Waals surface area contributed by atoms with Gasteiger partial charge >= 0.3 is 0 Å². The van der Waals surface area contributed by atoms with Crippen LogP contribution < -0.4 is 16.4 Å². The SMILES string of the molecule is N#Cc1ccc(COc2ccc(C#Cc3ccc(C(F)(F)[C@H](CN(N)/C=N\N)c4ccc(F)cc4F)nc3)cc2)cc1. The lowest BCUT2D eigenvalue weighted by atomic mass is 9.89. The van der Waals surface area contributed by atoms with Crippen molar-refractivity contribution in [3.63, 3.8) is 0 Å². The summed E-state index contributed by atoms with van der Waals surface area (Å²) >= 11 is 0. The third-order valence-electron chi connectivity index (χ3n) is 6.18. The molecule has 42 heavy (non-hydrogen) atoms. The molecule has 0 spiro atoms. The number of nitrogens with two attached hydrogens (primary N) is 2. The Morgan fingerprint density at radius 1 is 0.952 bits per heavy atom. The van der Waals surface area contributed by atoms with E-state index in [1.165, 1.54) is 12.3 Å². The summed E-state index contributed by atoms with van der Waals surface area (Å²) in [5.74, 6) is 9.55. The van der Waals surface area contributed by atoms with Crippen LogP contribution in [0.25, 0.3) is 0 Å². The molecule has 0 bridgehead atoms. The number of ether oxygens (including phenoxy) is 1. The number of benzene rings is 3. The highest BCUT2D eigenvalue weighted by atomic mass is 19.3. The number of alkyl halides is 2. The van der Waals surface area contributed by atoms with Gasteiger partial charge in [-0.05, 0) is 65.7 Å². The molecular formula is C31H24F4N6O. The summed E-state index contributed by atoms with van der Waals surface area (Å²) in [6.45, 7) is -0.259. The molecular weight excluding hydrogens is 548 g/mol. The van der Waals surface area contributed by atoms with Crippen LogP contribution in [0.2, 0.25) is 0 Å². The lowest BCUT2D eigenvalue weighted by molar-refractivity contribution is -0.0443. The maximum atomic E-state index is 15.7. The first-order valence-electron chi connectivity index (χ1n) is 12.5. The van der Waals surface area contributed by atoms with Crippen LogP contribution in [0.5, 0.6) is 5.75 Å². The number of hydrogen-bond acceptors (Lipinski definition) is 6. The fourth-order valence-electron chi connectivity index (χ4n) is 4.00. The Morgan fingerprint density at radius 2 is 1.62 bits per heavy atom. The average Bonchev–Trinajstić information content (AvgIpc) is 2.99. The highest BCUT2D eigenvalue weighted by Crippen LogP contribution is 2.42. The topological polar surface area (TPSA) is 114 Å². The number of pyridine rings is 1. The van der Waals surface area contributed by atoms with Crippen LogP contribution in [0.3, 0.4) is 0 Å². The number of hydrazine groups is 1. The third-order valence-corrected chi connectivity index (χ3v) is 6.18. The Bertz CT molecular complexity index is 1640. The lowest BCUT2D eigenvalue weighted by Crippen LogP contribution is -2.40. The van der Waals surface area contributed by atoms with E-state index in [9.17, 15) is 8.78 Å². The summed E-state index contributed by atoms with van der Waals surface area (Å²) in [7, 11) is 0. The first-order valence-corrected chi connectivity index (χ1v) is 12.5. The van der Waals surface area contributed by atoms with E-state index in [4.69, 9.17) is 21.7 Å². The zero-order chi connectivity index (χ0) is 30.1. The van der Waals surface area contributed by atoms with Crippen molar-refractivity contribution in [2.45, 2.75) is 18.4 Å². The summed E-state index contributed by atoms with van der Waals surface area (Å²) < 4.78 is 65.1. The van der Waals surface area contributed by atoms with Crippen molar-refractivity contribution in [1.82, 2.24) is 9.99 Å². The molecule has 4 rings (SSSR count). The number of hydrazone groups is 1. The van der Waals surface area contributed by atoms with Crippen LogP contribution in [-0.4, -0.2) is 22.9 Å². The monoisotopic (exact) mass is 572 g/mol. The van der Waals surface area contributed by atoms with E-state index in [0.29, 0.717) is 35.1 Å². The molecule has 4 N–H and O–H groups in total. The molecule has 0 fully saturated rings. The minimum absolute atomic E-state index is 0.331. The molecule has 0 saturated carbocycles. The number of nitrogens with zero attached hydrogens (tertiary/aromatic N) is 4. The second-order valence-corrected chi connectivity index (χ2v) is 9.11. The van der Waals surface area contributed by atoms with E-state index >= 15 is 8.78 Å². The van der Waals surface area contributed by atoms with Crippen molar-refractivity contribution in [2.75, 3.05) is 6.54 Å². The first-order chi connectivity index (χ1) is 20.2. The van der Waals surface area contributed by atoms with Gasteiger partial charge in [0.25, 0.3) is 5.92 Å². The second kappa shape index (κ2) is 13.3. The molecule has 0 aliphatic heterocycles. The second-order valence-electron chi connectivity index (χ2n) is 9.11. The number of nitriles is 1. The van der Waals surface area contributed by atoms with Crippen LogP contribution in [0.1, 0.15) is 39.4 Å². The highest BCUT2D eigenvalue weighted by molar-refractivity contribution is 5.53. The summed E-state index contributed by atoms with van der Waals surface area (Å²) in [5, 5.41) is 12.9. The van der Waals surface area contributed by atoms with Gasteiger partial charge in [-0.3, -0.25) is 9.99 Å². The molecule has 11 heteroatoms. The fraction of sp³-hybridized carbons (Fsp3) is 0.129. The van der Waals surface area contributed by atoms with Gasteiger partial charge in [-0.15, -0.1) is 0 Å². The Hall–Kier alpha value is -5.39. The minimum Gasteiger partial charge on any atom is -0.489 e. The molecule has 7 nitrogen and oxygen atoms in total. The molecule has 0 amide bonds. The summed E-state index contributed by atoms with van der Waals surface area (Å²) in [5.41, 5.74) is 1.42. The van der Waals surface area contributed by atoms with Crippen molar-refractivity contribution in [3.05, 3.63) is 130 Å². The maximum absolute atomic E-state index is 15.7. The molecule has 0 unspecified atom stereocenters. The number of rotatable bonds is 9. The molecule has 1 heterocycles. The highest BCUT2D eigenvalue weighted by Gasteiger charge is 2.45. The van der Waals surface area contributed by atoms with Crippen molar-refractivity contribution in [1.29, 1.82) is 5.26 Å². The van der Waals surface area contributed by atoms with Gasteiger partial charge in [0.2, 0.25) is 0 Å². The summed E-state index contributed by atoms with van der Waals surface area (Å²) in [6, 6.07) is 21.0. The van der Waals surface area contributed by atoms with Crippen molar-refractivity contribution >= 4 is 6.34 Å². The van der Waals surface area contributed by atoms with Gasteiger partial charge in [0.1, 0.15) is 36.0 Å². The number of aromatic nitrogens is 1. The predicted molar refractivity (Wildman–Crippen MR) is 149 cm³/mol. The fourth-order valence-corrected chi connectivity index (χ4v) is 4.00. The van der Waals surface area contributed by atoms with Gasteiger partial charge in [-0.25, -0.2) is 14.6 Å². The van der Waals surface area contributed by atoms with Crippen LogP contribution in [0.4, 0.5) is 17.6 Å². The van der Waals surface area contributed by atoms with Gasteiger partial charge in [0.05, 0.1) is 17.6 Å².